The zero-order valence-corrected chi connectivity index (χ0v) is 13.5. The molecule has 0 fully saturated rings. The van der Waals surface area contributed by atoms with Crippen molar-refractivity contribution < 1.29 is 14.0 Å². The number of carbonyl (C=O) groups excluding carboxylic acids is 2. The van der Waals surface area contributed by atoms with Gasteiger partial charge < -0.3 is 16.0 Å². The van der Waals surface area contributed by atoms with Crippen molar-refractivity contribution in [2.45, 2.75) is 19.0 Å². The number of nitrogens with one attached hydrogen (secondary N) is 1. The number of rotatable bonds is 6. The second-order valence-corrected chi connectivity index (χ2v) is 6.14. The van der Waals surface area contributed by atoms with Crippen LogP contribution in [0.1, 0.15) is 22.9 Å². The molecule has 0 aliphatic rings. The van der Waals surface area contributed by atoms with Crippen LogP contribution in [0.15, 0.2) is 41.8 Å². The highest BCUT2D eigenvalue weighted by Gasteiger charge is 2.20. The lowest BCUT2D eigenvalue weighted by Crippen LogP contribution is -2.36. The smallest absolute Gasteiger partial charge is 0.312 e. The first kappa shape index (κ1) is 17.0. The molecule has 5 nitrogen and oxygen atoms in total. The summed E-state index contributed by atoms with van der Waals surface area (Å²) in [6, 6.07) is 8.57. The maximum absolute atomic E-state index is 12.9. The third-order valence-corrected chi connectivity index (χ3v) is 4.33. The van der Waals surface area contributed by atoms with E-state index < -0.39 is 12.1 Å². The minimum atomic E-state index is -0.669. The van der Waals surface area contributed by atoms with Gasteiger partial charge in [0.25, 0.3) is 0 Å². The van der Waals surface area contributed by atoms with Gasteiger partial charge >= 0.3 is 6.03 Å². The van der Waals surface area contributed by atoms with E-state index in [0.717, 1.165) is 10.4 Å². The maximum atomic E-state index is 12.9. The third kappa shape index (κ3) is 5.07. The molecule has 0 saturated heterocycles. The van der Waals surface area contributed by atoms with Crippen LogP contribution in [0.2, 0.25) is 0 Å². The normalized spacial score (nSPS) is 11.7. The van der Waals surface area contributed by atoms with E-state index in [1.165, 1.54) is 28.4 Å². The van der Waals surface area contributed by atoms with Crippen LogP contribution in [0.5, 0.6) is 0 Å². The molecule has 0 bridgehead atoms. The van der Waals surface area contributed by atoms with Crippen LogP contribution in [-0.4, -0.2) is 23.9 Å². The van der Waals surface area contributed by atoms with Gasteiger partial charge in [-0.1, -0.05) is 18.2 Å². The molecule has 1 aromatic carbocycles. The van der Waals surface area contributed by atoms with Crippen LogP contribution in [0.25, 0.3) is 0 Å². The van der Waals surface area contributed by atoms with E-state index in [2.05, 4.69) is 5.32 Å². The van der Waals surface area contributed by atoms with Gasteiger partial charge in [-0.3, -0.25) is 4.79 Å². The van der Waals surface area contributed by atoms with Crippen molar-refractivity contribution in [2.24, 2.45) is 5.73 Å². The molecule has 1 atom stereocenters. The number of carbonyl (C=O) groups is 2. The van der Waals surface area contributed by atoms with Crippen LogP contribution >= 0.6 is 11.3 Å². The molecule has 23 heavy (non-hydrogen) atoms. The number of hydrogen-bond acceptors (Lipinski definition) is 3. The maximum Gasteiger partial charge on any atom is 0.312 e. The summed E-state index contributed by atoms with van der Waals surface area (Å²) in [4.78, 5) is 25.9. The Morgan fingerprint density at radius 1 is 1.30 bits per heavy atom. The highest BCUT2D eigenvalue weighted by Crippen LogP contribution is 2.23. The zero-order chi connectivity index (χ0) is 16.8. The van der Waals surface area contributed by atoms with Crippen molar-refractivity contribution in [1.29, 1.82) is 0 Å². The van der Waals surface area contributed by atoms with Crippen molar-refractivity contribution in [3.8, 4) is 0 Å². The molecule has 0 aliphatic heterocycles. The molecule has 1 heterocycles. The Morgan fingerprint density at radius 3 is 2.57 bits per heavy atom. The Labute approximate surface area is 137 Å². The molecular formula is C16H18FN3O2S. The number of hydrogen-bond donors (Lipinski definition) is 2. The van der Waals surface area contributed by atoms with Crippen molar-refractivity contribution in [2.75, 3.05) is 7.05 Å². The van der Waals surface area contributed by atoms with Gasteiger partial charge in [0.2, 0.25) is 5.91 Å². The zero-order valence-electron chi connectivity index (χ0n) is 12.7. The SMILES string of the molecule is CN(Cc1ccc(F)cc1)C(=O)CC(NC(N)=O)c1cccs1. The van der Waals surface area contributed by atoms with Crippen molar-refractivity contribution in [1.82, 2.24) is 10.2 Å². The highest BCUT2D eigenvalue weighted by molar-refractivity contribution is 7.10. The molecule has 0 saturated carbocycles. The summed E-state index contributed by atoms with van der Waals surface area (Å²) in [6.45, 7) is 0.368. The molecule has 0 aliphatic carbocycles. The van der Waals surface area contributed by atoms with E-state index in [-0.39, 0.29) is 18.1 Å². The second kappa shape index (κ2) is 7.73. The van der Waals surface area contributed by atoms with Crippen LogP contribution in [0, 0.1) is 5.82 Å². The predicted octanol–water partition coefficient (Wildman–Crippen LogP) is 2.65. The standard InChI is InChI=1S/C16H18FN3O2S/c1-20(10-11-4-6-12(17)7-5-11)15(21)9-13(19-16(18)22)14-3-2-8-23-14/h2-8,13H,9-10H2,1H3,(H3,18,19,22). The molecular weight excluding hydrogens is 317 g/mol. The molecule has 2 aromatic rings. The number of primary amides is 1. The Balaban J connectivity index is 1.99. The van der Waals surface area contributed by atoms with Crippen molar-refractivity contribution in [3.63, 3.8) is 0 Å². The Kier molecular flexibility index (Phi) is 5.70. The van der Waals surface area contributed by atoms with Crippen LogP contribution < -0.4 is 11.1 Å². The molecule has 7 heteroatoms. The molecule has 1 unspecified atom stereocenters. The van der Waals surface area contributed by atoms with E-state index in [9.17, 15) is 14.0 Å². The summed E-state index contributed by atoms with van der Waals surface area (Å²) >= 11 is 1.45. The van der Waals surface area contributed by atoms with E-state index >= 15 is 0 Å². The largest absolute Gasteiger partial charge is 0.352 e. The molecule has 2 rings (SSSR count). The van der Waals surface area contributed by atoms with Gasteiger partial charge in [-0.05, 0) is 29.1 Å². The Bertz CT molecular complexity index is 658. The van der Waals surface area contributed by atoms with Gasteiger partial charge in [0.15, 0.2) is 0 Å². The monoisotopic (exact) mass is 335 g/mol. The van der Waals surface area contributed by atoms with Gasteiger partial charge in [0.1, 0.15) is 5.82 Å². The number of nitrogens with two attached hydrogens (primary N) is 1. The number of amides is 3. The molecule has 3 amide bonds. The molecule has 122 valence electrons. The number of halogens is 1. The topological polar surface area (TPSA) is 75.4 Å². The summed E-state index contributed by atoms with van der Waals surface area (Å²) < 4.78 is 12.9. The van der Waals surface area contributed by atoms with E-state index in [4.69, 9.17) is 5.73 Å². The average Bonchev–Trinajstić information content (AvgIpc) is 3.02. The summed E-state index contributed by atoms with van der Waals surface area (Å²) in [5.41, 5.74) is 6.01. The fourth-order valence-electron chi connectivity index (χ4n) is 2.17. The van der Waals surface area contributed by atoms with Gasteiger partial charge in [0, 0.05) is 18.5 Å². The number of nitrogens with zero attached hydrogens (tertiary/aromatic N) is 1. The van der Waals surface area contributed by atoms with E-state index in [0.29, 0.717) is 6.54 Å². The minimum absolute atomic E-state index is 0.112. The van der Waals surface area contributed by atoms with Crippen molar-refractivity contribution in [3.05, 3.63) is 58.0 Å². The summed E-state index contributed by atoms with van der Waals surface area (Å²) in [5, 5.41) is 4.46. The van der Waals surface area contributed by atoms with Gasteiger partial charge in [0.05, 0.1) is 12.5 Å². The van der Waals surface area contributed by atoms with E-state index in [1.807, 2.05) is 17.5 Å². The third-order valence-electron chi connectivity index (χ3n) is 3.34. The van der Waals surface area contributed by atoms with Crippen LogP contribution in [0.4, 0.5) is 9.18 Å². The van der Waals surface area contributed by atoms with E-state index in [1.54, 1.807) is 19.2 Å². The highest BCUT2D eigenvalue weighted by atomic mass is 32.1. The van der Waals surface area contributed by atoms with Gasteiger partial charge in [-0.2, -0.15) is 0 Å². The fourth-order valence-corrected chi connectivity index (χ4v) is 2.94. The predicted molar refractivity (Wildman–Crippen MR) is 87.3 cm³/mol. The quantitative estimate of drug-likeness (QED) is 0.851. The number of urea groups is 1. The van der Waals surface area contributed by atoms with Crippen LogP contribution in [0.3, 0.4) is 0 Å². The summed E-state index contributed by atoms with van der Waals surface area (Å²) in [6.07, 6.45) is 0.112. The Hall–Kier alpha value is -2.41. The molecule has 1 aromatic heterocycles. The number of thiophene rings is 1. The lowest BCUT2D eigenvalue weighted by atomic mass is 10.1. The second-order valence-electron chi connectivity index (χ2n) is 5.16. The molecule has 0 radical (unpaired) electrons. The first-order valence-electron chi connectivity index (χ1n) is 7.03. The first-order chi connectivity index (χ1) is 11.0. The minimum Gasteiger partial charge on any atom is -0.352 e. The first-order valence-corrected chi connectivity index (χ1v) is 7.91. The lowest BCUT2D eigenvalue weighted by Gasteiger charge is -2.21. The average molecular weight is 335 g/mol. The Morgan fingerprint density at radius 2 is 2.00 bits per heavy atom. The van der Waals surface area contributed by atoms with Crippen LogP contribution in [-0.2, 0) is 11.3 Å². The fraction of sp³-hybridized carbons (Fsp3) is 0.250. The molecule has 0 spiro atoms. The lowest BCUT2D eigenvalue weighted by molar-refractivity contribution is -0.130. The summed E-state index contributed by atoms with van der Waals surface area (Å²) in [7, 11) is 1.67. The number of benzene rings is 1. The van der Waals surface area contributed by atoms with Gasteiger partial charge in [-0.15, -0.1) is 11.3 Å². The summed E-state index contributed by atoms with van der Waals surface area (Å²) in [5.74, 6) is -0.451. The van der Waals surface area contributed by atoms with Gasteiger partial charge in [-0.25, -0.2) is 9.18 Å². The van der Waals surface area contributed by atoms with Crippen molar-refractivity contribution >= 4 is 23.3 Å². The molecule has 3 N–H and O–H groups in total.